The molecule has 2 aromatic carbocycles. The number of hydrogen-bond donors (Lipinski definition) is 1. The van der Waals surface area contributed by atoms with Gasteiger partial charge >= 0.3 is 6.18 Å². The first kappa shape index (κ1) is 22.3. The van der Waals surface area contributed by atoms with Gasteiger partial charge in [-0.1, -0.05) is 31.2 Å². The normalized spacial score (nSPS) is 20.7. The molecule has 1 aliphatic rings. The zero-order valence-electron chi connectivity index (χ0n) is 18.0. The molecule has 2 unspecified atom stereocenters. The Morgan fingerprint density at radius 3 is 2.66 bits per heavy atom. The number of halogens is 3. The van der Waals surface area contributed by atoms with E-state index in [1.165, 1.54) is 0 Å². The smallest absolute Gasteiger partial charge is 0.422 e. The number of alkyl halides is 3. The topological polar surface area (TPSA) is 54.7 Å². The lowest BCUT2D eigenvalue weighted by Crippen LogP contribution is -2.52. The molecule has 7 heteroatoms. The Morgan fingerprint density at radius 2 is 1.91 bits per heavy atom. The van der Waals surface area contributed by atoms with E-state index in [0.29, 0.717) is 53.6 Å². The van der Waals surface area contributed by atoms with Crippen molar-refractivity contribution in [1.29, 1.82) is 0 Å². The quantitative estimate of drug-likeness (QED) is 0.489. The summed E-state index contributed by atoms with van der Waals surface area (Å²) in [6.45, 7) is 3.98. The number of hydrogen-bond acceptors (Lipinski definition) is 4. The second-order valence-electron chi connectivity index (χ2n) is 8.38. The van der Waals surface area contributed by atoms with Gasteiger partial charge in [-0.2, -0.15) is 13.2 Å². The average molecular weight is 442 g/mol. The maximum absolute atomic E-state index is 14.2. The number of rotatable bonds is 5. The number of nitrogens with zero attached hydrogens (tertiary/aromatic N) is 2. The molecule has 0 radical (unpaired) electrons. The van der Waals surface area contributed by atoms with Gasteiger partial charge in [-0.05, 0) is 50.1 Å². The van der Waals surface area contributed by atoms with E-state index in [-0.39, 0.29) is 0 Å². The van der Waals surface area contributed by atoms with E-state index >= 15 is 0 Å². The molecule has 0 spiro atoms. The Balaban J connectivity index is 1.76. The molecule has 0 saturated carbocycles. The van der Waals surface area contributed by atoms with Crippen LogP contribution in [0.2, 0.25) is 0 Å². The monoisotopic (exact) mass is 442 g/mol. The molecule has 1 N–H and O–H groups in total. The second kappa shape index (κ2) is 8.20. The molecule has 2 atom stereocenters. The van der Waals surface area contributed by atoms with Crippen molar-refractivity contribution in [2.45, 2.75) is 50.3 Å². The summed E-state index contributed by atoms with van der Waals surface area (Å²) >= 11 is 0. The van der Waals surface area contributed by atoms with Gasteiger partial charge in [0.15, 0.2) is 5.60 Å². The molecule has 3 aromatic rings. The van der Waals surface area contributed by atoms with Crippen LogP contribution < -0.4 is 4.74 Å². The average Bonchev–Trinajstić information content (AvgIpc) is 2.77. The van der Waals surface area contributed by atoms with Gasteiger partial charge in [0.1, 0.15) is 5.75 Å². The van der Waals surface area contributed by atoms with Gasteiger partial charge in [0.2, 0.25) is 0 Å². The van der Waals surface area contributed by atoms with E-state index in [2.05, 4.69) is 9.98 Å². The van der Waals surface area contributed by atoms with Crippen molar-refractivity contribution in [3.05, 3.63) is 65.9 Å². The third kappa shape index (κ3) is 3.97. The Bertz CT molecular complexity index is 1160. The molecule has 0 bridgehead atoms. The lowest BCUT2D eigenvalue weighted by Gasteiger charge is -2.43. The Labute approximate surface area is 184 Å². The van der Waals surface area contributed by atoms with Gasteiger partial charge < -0.3 is 9.84 Å². The minimum absolute atomic E-state index is 0.296. The van der Waals surface area contributed by atoms with E-state index in [1.807, 2.05) is 13.8 Å². The largest absolute Gasteiger partial charge is 0.493 e. The molecule has 32 heavy (non-hydrogen) atoms. The predicted octanol–water partition coefficient (Wildman–Crippen LogP) is 6.06. The van der Waals surface area contributed by atoms with Crippen LogP contribution in [0.25, 0.3) is 10.9 Å². The minimum Gasteiger partial charge on any atom is -0.493 e. The zero-order valence-corrected chi connectivity index (χ0v) is 18.0. The van der Waals surface area contributed by atoms with Crippen molar-refractivity contribution in [3.63, 3.8) is 0 Å². The number of ether oxygens (including phenoxy) is 1. The van der Waals surface area contributed by atoms with E-state index in [9.17, 15) is 18.3 Å². The maximum atomic E-state index is 14.2. The van der Waals surface area contributed by atoms with Gasteiger partial charge in [-0.3, -0.25) is 9.98 Å². The third-order valence-corrected chi connectivity index (χ3v) is 6.34. The van der Waals surface area contributed by atoms with Crippen LogP contribution in [-0.2, 0) is 5.41 Å². The molecule has 1 aliphatic heterocycles. The Hall–Kier alpha value is -2.93. The molecule has 0 amide bonds. The van der Waals surface area contributed by atoms with Crippen LogP contribution in [0.4, 0.5) is 18.9 Å². The summed E-state index contributed by atoms with van der Waals surface area (Å²) in [5.74, 6) is 0.567. The van der Waals surface area contributed by atoms with Crippen molar-refractivity contribution in [2.24, 2.45) is 4.99 Å². The first-order valence-corrected chi connectivity index (χ1v) is 10.6. The Morgan fingerprint density at radius 1 is 1.12 bits per heavy atom. The number of aliphatic imine (C=N–C) groups is 1. The number of fused-ring (bicyclic) bond motifs is 2. The van der Waals surface area contributed by atoms with Gasteiger partial charge in [0.05, 0.1) is 17.8 Å². The summed E-state index contributed by atoms with van der Waals surface area (Å²) in [6, 6.07) is 15.8. The number of pyridine rings is 1. The van der Waals surface area contributed by atoms with Gasteiger partial charge in [0, 0.05) is 34.7 Å². The van der Waals surface area contributed by atoms with Crippen molar-refractivity contribution >= 4 is 22.8 Å². The minimum atomic E-state index is -4.90. The van der Waals surface area contributed by atoms with Crippen molar-refractivity contribution in [2.75, 3.05) is 6.61 Å². The summed E-state index contributed by atoms with van der Waals surface area (Å²) in [7, 11) is 0. The zero-order chi connectivity index (χ0) is 23.0. The van der Waals surface area contributed by atoms with Crippen molar-refractivity contribution in [1.82, 2.24) is 4.98 Å². The summed E-state index contributed by atoms with van der Waals surface area (Å²) in [4.78, 5) is 8.52. The molecule has 4 nitrogen and oxygen atoms in total. The summed E-state index contributed by atoms with van der Waals surface area (Å²) in [5.41, 5.74) is -1.53. The molecule has 4 rings (SSSR count). The molecular weight excluding hydrogens is 417 g/mol. The molecule has 2 heterocycles. The Kier molecular flexibility index (Phi) is 5.71. The molecule has 0 saturated heterocycles. The molecule has 0 fully saturated rings. The maximum Gasteiger partial charge on any atom is 0.422 e. The van der Waals surface area contributed by atoms with Crippen LogP contribution in [-0.4, -0.2) is 34.7 Å². The van der Waals surface area contributed by atoms with Gasteiger partial charge in [-0.15, -0.1) is 0 Å². The first-order chi connectivity index (χ1) is 15.2. The third-order valence-electron chi connectivity index (χ3n) is 6.34. The molecule has 1 aromatic heterocycles. The van der Waals surface area contributed by atoms with Gasteiger partial charge in [-0.25, -0.2) is 0 Å². The van der Waals surface area contributed by atoms with Crippen molar-refractivity contribution in [3.8, 4) is 5.75 Å². The predicted molar refractivity (Wildman–Crippen MR) is 119 cm³/mol. The number of benzene rings is 2. The highest BCUT2D eigenvalue weighted by Crippen LogP contribution is 2.49. The SMILES string of the molecule is CCC1(CC(O)(/C=N/c2cccc3nc(C)ccc23)C(F)(F)F)CCOc2ccccc21. The second-order valence-corrected chi connectivity index (χ2v) is 8.38. The number of aryl methyl sites for hydroxylation is 1. The lowest BCUT2D eigenvalue weighted by molar-refractivity contribution is -0.236. The highest BCUT2D eigenvalue weighted by Gasteiger charge is 2.57. The van der Waals surface area contributed by atoms with Crippen LogP contribution in [0.1, 0.15) is 37.4 Å². The summed E-state index contributed by atoms with van der Waals surface area (Å²) in [5, 5.41) is 11.6. The summed E-state index contributed by atoms with van der Waals surface area (Å²) < 4.78 is 48.3. The van der Waals surface area contributed by atoms with Crippen LogP contribution in [0, 0.1) is 6.92 Å². The van der Waals surface area contributed by atoms with Crippen LogP contribution >= 0.6 is 0 Å². The van der Waals surface area contributed by atoms with E-state index in [4.69, 9.17) is 4.74 Å². The van der Waals surface area contributed by atoms with E-state index in [1.54, 1.807) is 54.6 Å². The highest BCUT2D eigenvalue weighted by molar-refractivity contribution is 5.92. The van der Waals surface area contributed by atoms with Crippen LogP contribution in [0.15, 0.2) is 59.6 Å². The molecule has 168 valence electrons. The van der Waals surface area contributed by atoms with E-state index in [0.717, 1.165) is 5.69 Å². The summed E-state index contributed by atoms with van der Waals surface area (Å²) in [6.07, 6.45) is -3.98. The molecular formula is C25H25F3N2O2. The molecule has 0 aliphatic carbocycles. The highest BCUT2D eigenvalue weighted by atomic mass is 19.4. The number of aromatic nitrogens is 1. The fraction of sp³-hybridized carbons (Fsp3) is 0.360. The van der Waals surface area contributed by atoms with Crippen LogP contribution in [0.5, 0.6) is 5.75 Å². The number of para-hydroxylation sites is 1. The van der Waals surface area contributed by atoms with Gasteiger partial charge in [0.25, 0.3) is 0 Å². The fourth-order valence-corrected chi connectivity index (χ4v) is 4.46. The van der Waals surface area contributed by atoms with Crippen LogP contribution in [0.3, 0.4) is 0 Å². The number of aliphatic hydroxyl groups is 1. The fourth-order valence-electron chi connectivity index (χ4n) is 4.46. The van der Waals surface area contributed by atoms with E-state index < -0.39 is 23.6 Å². The van der Waals surface area contributed by atoms with Crippen molar-refractivity contribution < 1.29 is 23.0 Å². The first-order valence-electron chi connectivity index (χ1n) is 10.6. The lowest BCUT2D eigenvalue weighted by atomic mass is 9.67. The standard InChI is InChI=1S/C25H25F3N2O2/c1-3-23(13-14-32-22-10-5-4-7-19(22)23)15-24(31,25(26,27)28)16-29-20-8-6-9-21-18(20)12-11-17(2)30-21/h4-12,16,31H,3,13-15H2,1-2H3/b29-16+.